The molecule has 1 aromatic carbocycles. The normalized spacial score (nSPS) is 11.8. The second kappa shape index (κ2) is 10.2. The topological polar surface area (TPSA) is 172 Å². The van der Waals surface area contributed by atoms with Gasteiger partial charge >= 0.3 is 17.3 Å². The van der Waals surface area contributed by atoms with Crippen LogP contribution in [0, 0.1) is 10.1 Å². The van der Waals surface area contributed by atoms with Gasteiger partial charge in [-0.3, -0.25) is 10.1 Å². The number of nitrogens with one attached hydrogen (secondary N) is 2. The van der Waals surface area contributed by atoms with Gasteiger partial charge in [0.15, 0.2) is 5.65 Å². The Kier molecular flexibility index (Phi) is 6.90. The molecule has 4 aromatic rings. The van der Waals surface area contributed by atoms with E-state index in [9.17, 15) is 24.8 Å². The van der Waals surface area contributed by atoms with E-state index in [4.69, 9.17) is 0 Å². The Morgan fingerprint density at radius 2 is 1.94 bits per heavy atom. The number of carboxylic acids is 1. The van der Waals surface area contributed by atoms with Crippen molar-refractivity contribution in [2.75, 3.05) is 23.3 Å². The Bertz CT molecular complexity index is 1460. The first-order valence-electron chi connectivity index (χ1n) is 11.2. The molecule has 3 aromatic heterocycles. The molecule has 13 nitrogen and oxygen atoms in total. The third-order valence-electron chi connectivity index (χ3n) is 5.69. The van der Waals surface area contributed by atoms with E-state index in [-0.39, 0.29) is 23.9 Å². The lowest BCUT2D eigenvalue weighted by atomic mass is 10.1. The van der Waals surface area contributed by atoms with Crippen LogP contribution in [0.3, 0.4) is 0 Å². The largest absolute Gasteiger partial charge is 0.480 e. The molecule has 4 rings (SSSR count). The van der Waals surface area contributed by atoms with E-state index in [1.165, 1.54) is 4.57 Å². The monoisotopic (exact) mass is 492 g/mol. The van der Waals surface area contributed by atoms with E-state index in [1.807, 2.05) is 13.8 Å². The molecule has 0 aliphatic carbocycles. The number of fused-ring (bicyclic) bond motifs is 1. The van der Waals surface area contributed by atoms with Crippen molar-refractivity contribution in [3.63, 3.8) is 0 Å². The Labute approximate surface area is 204 Å². The van der Waals surface area contributed by atoms with Gasteiger partial charge in [0.1, 0.15) is 12.2 Å². The van der Waals surface area contributed by atoms with Crippen LogP contribution < -0.4 is 15.9 Å². The smallest absolute Gasteiger partial charge is 0.332 e. The molecule has 0 spiro atoms. The summed E-state index contributed by atoms with van der Waals surface area (Å²) >= 11 is 0. The van der Waals surface area contributed by atoms with E-state index in [0.717, 1.165) is 6.20 Å². The number of rotatable bonds is 10. The highest BCUT2D eigenvalue weighted by Gasteiger charge is 2.25. The zero-order valence-electron chi connectivity index (χ0n) is 19.6. The van der Waals surface area contributed by atoms with Crippen LogP contribution in [0.4, 0.5) is 17.5 Å². The number of aromatic nitrogens is 5. The zero-order chi connectivity index (χ0) is 25.8. The second-order valence-electron chi connectivity index (χ2n) is 7.88. The Balaban J connectivity index is 1.60. The van der Waals surface area contributed by atoms with Crippen molar-refractivity contribution >= 4 is 34.6 Å². The molecule has 3 N–H and O–H groups in total. The van der Waals surface area contributed by atoms with Gasteiger partial charge in [-0.1, -0.05) is 12.1 Å². The van der Waals surface area contributed by atoms with Crippen molar-refractivity contribution in [1.29, 1.82) is 0 Å². The summed E-state index contributed by atoms with van der Waals surface area (Å²) in [4.78, 5) is 52.4. The summed E-state index contributed by atoms with van der Waals surface area (Å²) in [6, 6.07) is 9.01. The minimum Gasteiger partial charge on any atom is -0.480 e. The molecule has 1 atom stereocenters. The summed E-state index contributed by atoms with van der Waals surface area (Å²) in [6.07, 6.45) is 2.67. The summed E-state index contributed by atoms with van der Waals surface area (Å²) in [6.45, 7) is 4.95. The lowest BCUT2D eigenvalue weighted by molar-refractivity contribution is -0.384. The number of nitro groups is 1. The van der Waals surface area contributed by atoms with Gasteiger partial charge in [0.05, 0.1) is 16.1 Å². The summed E-state index contributed by atoms with van der Waals surface area (Å²) in [5.41, 5.74) is 1.50. The van der Waals surface area contributed by atoms with Gasteiger partial charge in [-0.05, 0) is 43.7 Å². The third kappa shape index (κ3) is 4.85. The van der Waals surface area contributed by atoms with Crippen molar-refractivity contribution in [3.8, 4) is 5.69 Å². The number of imidazole rings is 1. The third-order valence-corrected chi connectivity index (χ3v) is 5.69. The van der Waals surface area contributed by atoms with Gasteiger partial charge in [-0.2, -0.15) is 4.98 Å². The fraction of sp³-hybridized carbons (Fsp3) is 0.261. The van der Waals surface area contributed by atoms with Crippen molar-refractivity contribution in [2.45, 2.75) is 26.3 Å². The molecule has 0 amide bonds. The van der Waals surface area contributed by atoms with Gasteiger partial charge in [0.2, 0.25) is 11.8 Å². The molecular formula is C23H24N8O5. The fourth-order valence-electron chi connectivity index (χ4n) is 3.83. The van der Waals surface area contributed by atoms with Gasteiger partial charge in [0, 0.05) is 25.7 Å². The number of aliphatic carboxylic acids is 1. The van der Waals surface area contributed by atoms with E-state index < -0.39 is 22.6 Å². The van der Waals surface area contributed by atoms with Crippen LogP contribution in [0.2, 0.25) is 0 Å². The Morgan fingerprint density at radius 3 is 2.58 bits per heavy atom. The Morgan fingerprint density at radius 1 is 1.22 bits per heavy atom. The lowest BCUT2D eigenvalue weighted by Gasteiger charge is -2.20. The highest BCUT2D eigenvalue weighted by atomic mass is 16.6. The molecule has 36 heavy (non-hydrogen) atoms. The minimum atomic E-state index is -1.20. The average Bonchev–Trinajstić information content (AvgIpc) is 3.20. The Hall–Kier alpha value is -4.81. The maximum Gasteiger partial charge on any atom is 0.332 e. The number of hydrogen-bond acceptors (Lipinski definition) is 9. The summed E-state index contributed by atoms with van der Waals surface area (Å²) in [5, 5.41) is 24.0. The lowest BCUT2D eigenvalue weighted by Crippen LogP contribution is -2.33. The van der Waals surface area contributed by atoms with Gasteiger partial charge in [0.25, 0.3) is 0 Å². The van der Waals surface area contributed by atoms with Crippen LogP contribution in [0.1, 0.15) is 19.4 Å². The van der Waals surface area contributed by atoms with Gasteiger partial charge < -0.3 is 20.3 Å². The first kappa shape index (κ1) is 24.3. The van der Waals surface area contributed by atoms with Crippen LogP contribution >= 0.6 is 0 Å². The number of anilines is 2. The average molecular weight is 492 g/mol. The van der Waals surface area contributed by atoms with Crippen LogP contribution in [0.15, 0.2) is 53.6 Å². The highest BCUT2D eigenvalue weighted by Crippen LogP contribution is 2.25. The number of carboxylic acid groups (broad SMARTS) is 1. The predicted octanol–water partition coefficient (Wildman–Crippen LogP) is 2.37. The van der Waals surface area contributed by atoms with Crippen molar-refractivity contribution in [2.24, 2.45) is 0 Å². The fourth-order valence-corrected chi connectivity index (χ4v) is 3.83. The maximum absolute atomic E-state index is 12.4. The maximum atomic E-state index is 12.4. The molecule has 0 radical (unpaired) electrons. The first-order valence-corrected chi connectivity index (χ1v) is 11.2. The highest BCUT2D eigenvalue weighted by molar-refractivity contribution is 5.78. The van der Waals surface area contributed by atoms with E-state index >= 15 is 0 Å². The SMILES string of the molecule is CCN(CC)c1ncc([N+](=O)[O-])c(N[C@@H](Cc2ccc(-n3c(=O)[nH]c4cccnc43)cc2)C(=O)O)n1. The van der Waals surface area contributed by atoms with E-state index in [0.29, 0.717) is 35.5 Å². The van der Waals surface area contributed by atoms with Gasteiger partial charge in [-0.25, -0.2) is 24.1 Å². The summed E-state index contributed by atoms with van der Waals surface area (Å²) in [5.74, 6) is -1.11. The van der Waals surface area contributed by atoms with E-state index in [2.05, 4.69) is 25.3 Å². The van der Waals surface area contributed by atoms with E-state index in [1.54, 1.807) is 47.5 Å². The van der Waals surface area contributed by atoms with Crippen LogP contribution in [-0.4, -0.2) is 59.6 Å². The quantitative estimate of drug-likeness (QED) is 0.220. The van der Waals surface area contributed by atoms with Crippen LogP contribution in [-0.2, 0) is 11.2 Å². The summed E-state index contributed by atoms with van der Waals surface area (Å²) in [7, 11) is 0. The molecule has 13 heteroatoms. The number of carbonyl (C=O) groups is 1. The number of H-pyrrole nitrogens is 1. The molecule has 3 heterocycles. The molecule has 0 aliphatic heterocycles. The molecule has 186 valence electrons. The molecule has 0 aliphatic rings. The molecule has 0 bridgehead atoms. The molecule has 0 saturated heterocycles. The summed E-state index contributed by atoms with van der Waals surface area (Å²) < 4.78 is 1.42. The number of nitrogens with zero attached hydrogens (tertiary/aromatic N) is 6. The number of pyridine rings is 1. The molecule has 0 unspecified atom stereocenters. The first-order chi connectivity index (χ1) is 17.3. The standard InChI is InChI=1S/C23H24N8O5/c1-3-29(4-2)22-25-13-18(31(35)36)19(28-22)26-17(21(32)33)12-14-7-9-15(10-8-14)30-20-16(27-23(30)34)6-5-11-24-20/h5-11,13,17H,3-4,12H2,1-2H3,(H,27,34)(H,32,33)(H,25,26,28)/t17-/m0/s1. The second-order valence-corrected chi connectivity index (χ2v) is 7.88. The van der Waals surface area contributed by atoms with Crippen molar-refractivity contribution in [3.05, 3.63) is 75.0 Å². The number of hydrogen-bond donors (Lipinski definition) is 3. The minimum absolute atomic E-state index is 0.0123. The zero-order valence-corrected chi connectivity index (χ0v) is 19.6. The molecular weight excluding hydrogens is 468 g/mol. The van der Waals surface area contributed by atoms with Crippen molar-refractivity contribution < 1.29 is 14.8 Å². The molecule has 0 saturated carbocycles. The molecule has 0 fully saturated rings. The predicted molar refractivity (Wildman–Crippen MR) is 133 cm³/mol. The van der Waals surface area contributed by atoms with Crippen LogP contribution in [0.5, 0.6) is 0 Å². The van der Waals surface area contributed by atoms with Gasteiger partial charge in [-0.15, -0.1) is 0 Å². The van der Waals surface area contributed by atoms with Crippen LogP contribution in [0.25, 0.3) is 16.9 Å². The number of benzene rings is 1. The number of aromatic amines is 1. The van der Waals surface area contributed by atoms with Crippen molar-refractivity contribution in [1.82, 2.24) is 24.5 Å².